The fourth-order valence-electron chi connectivity index (χ4n) is 2.26. The molecule has 0 heterocycles. The maximum Gasteiger partial charge on any atom is 0.407 e. The van der Waals surface area contributed by atoms with Crippen molar-refractivity contribution in [3.8, 4) is 0 Å². The van der Waals surface area contributed by atoms with Gasteiger partial charge in [-0.1, -0.05) is 51.9 Å². The lowest BCUT2D eigenvalue weighted by Gasteiger charge is -2.08. The van der Waals surface area contributed by atoms with E-state index in [2.05, 4.69) is 12.2 Å². The average Bonchev–Trinajstić information content (AvgIpc) is 2.52. The van der Waals surface area contributed by atoms with Crippen LogP contribution >= 0.6 is 0 Å². The number of nitrogens with two attached hydrogens (primary N) is 1. The van der Waals surface area contributed by atoms with Crippen LogP contribution < -0.4 is 11.1 Å². The van der Waals surface area contributed by atoms with Gasteiger partial charge >= 0.3 is 12.1 Å². The van der Waals surface area contributed by atoms with Crippen LogP contribution in [0.1, 0.15) is 77.6 Å². The Morgan fingerprint density at radius 3 is 2.22 bits per heavy atom. The predicted molar refractivity (Wildman–Crippen MR) is 91.4 cm³/mol. The van der Waals surface area contributed by atoms with E-state index >= 15 is 0 Å². The van der Waals surface area contributed by atoms with Gasteiger partial charge in [0.05, 0.1) is 6.61 Å². The highest BCUT2D eigenvalue weighted by atomic mass is 16.5. The first-order valence-corrected chi connectivity index (χ1v) is 8.97. The number of aliphatic carboxylic acids is 1. The summed E-state index contributed by atoms with van der Waals surface area (Å²) in [6.07, 6.45) is 11.1. The Morgan fingerprint density at radius 2 is 1.61 bits per heavy atom. The highest BCUT2D eigenvalue weighted by molar-refractivity contribution is 5.72. The summed E-state index contributed by atoms with van der Waals surface area (Å²) in [5.41, 5.74) is 5.39. The van der Waals surface area contributed by atoms with Crippen LogP contribution in [0.25, 0.3) is 0 Å². The molecule has 0 saturated carbocycles. The average molecular weight is 330 g/mol. The Labute approximate surface area is 140 Å². The number of carbonyl (C=O) groups excluding carboxylic acids is 1. The number of alkyl carbamates (subject to hydrolysis) is 1. The Hall–Kier alpha value is -1.30. The third-order valence-electron chi connectivity index (χ3n) is 3.76. The molecule has 0 spiro atoms. The number of nitrogens with one attached hydrogen (secondary N) is 1. The van der Waals surface area contributed by atoms with Crippen LogP contribution in [0.2, 0.25) is 0 Å². The molecule has 0 saturated heterocycles. The molecule has 1 atom stereocenters. The third-order valence-corrected chi connectivity index (χ3v) is 3.76. The second-order valence-corrected chi connectivity index (χ2v) is 5.98. The lowest BCUT2D eigenvalue weighted by Crippen LogP contribution is -2.30. The van der Waals surface area contributed by atoms with Crippen LogP contribution in [-0.4, -0.2) is 36.4 Å². The highest BCUT2D eigenvalue weighted by Crippen LogP contribution is 2.08. The number of rotatable bonds is 15. The van der Waals surface area contributed by atoms with Gasteiger partial charge in [-0.05, 0) is 25.7 Å². The van der Waals surface area contributed by atoms with Gasteiger partial charge in [0.15, 0.2) is 0 Å². The van der Waals surface area contributed by atoms with E-state index in [1.165, 1.54) is 38.5 Å². The highest BCUT2D eigenvalue weighted by Gasteiger charge is 2.10. The van der Waals surface area contributed by atoms with Crippen LogP contribution in [0.5, 0.6) is 0 Å². The molecular formula is C17H34N2O4. The van der Waals surface area contributed by atoms with Crippen molar-refractivity contribution < 1.29 is 19.4 Å². The molecule has 0 bridgehead atoms. The summed E-state index contributed by atoms with van der Waals surface area (Å²) < 4.78 is 5.08. The SMILES string of the molecule is CCCCCCCCCCOC(=O)NCCCC[C@H](N)C(=O)O. The van der Waals surface area contributed by atoms with Crippen LogP contribution in [0.15, 0.2) is 0 Å². The van der Waals surface area contributed by atoms with Crippen molar-refractivity contribution >= 4 is 12.1 Å². The minimum absolute atomic E-state index is 0.393. The standard InChI is InChI=1S/C17H34N2O4/c1-2-3-4-5-6-7-8-11-14-23-17(22)19-13-10-9-12-15(18)16(20)21/h15H,2-14,18H2,1H3,(H,19,22)(H,20,21)/t15-/m0/s1. The zero-order valence-electron chi connectivity index (χ0n) is 14.5. The molecule has 23 heavy (non-hydrogen) atoms. The minimum atomic E-state index is -0.984. The van der Waals surface area contributed by atoms with E-state index in [-0.39, 0.29) is 0 Å². The maximum atomic E-state index is 11.4. The molecular weight excluding hydrogens is 296 g/mol. The lowest BCUT2D eigenvalue weighted by molar-refractivity contribution is -0.138. The van der Waals surface area contributed by atoms with E-state index in [1.54, 1.807) is 0 Å². The number of ether oxygens (including phenoxy) is 1. The number of unbranched alkanes of at least 4 members (excludes halogenated alkanes) is 8. The second-order valence-electron chi connectivity index (χ2n) is 5.98. The largest absolute Gasteiger partial charge is 0.480 e. The molecule has 6 heteroatoms. The van der Waals surface area contributed by atoms with Crippen molar-refractivity contribution in [2.24, 2.45) is 5.73 Å². The molecule has 0 aliphatic rings. The van der Waals surface area contributed by atoms with Gasteiger partial charge in [0.25, 0.3) is 0 Å². The van der Waals surface area contributed by atoms with Crippen LogP contribution in [-0.2, 0) is 9.53 Å². The van der Waals surface area contributed by atoms with E-state index in [9.17, 15) is 9.59 Å². The molecule has 1 amide bonds. The molecule has 4 N–H and O–H groups in total. The van der Waals surface area contributed by atoms with Gasteiger partial charge < -0.3 is 20.9 Å². The van der Waals surface area contributed by atoms with Crippen molar-refractivity contribution in [1.29, 1.82) is 0 Å². The minimum Gasteiger partial charge on any atom is -0.480 e. The Bertz CT molecular complexity index is 311. The summed E-state index contributed by atoms with van der Waals surface area (Å²) in [6, 6.07) is -0.816. The zero-order valence-corrected chi connectivity index (χ0v) is 14.5. The van der Waals surface area contributed by atoms with Crippen molar-refractivity contribution in [2.45, 2.75) is 83.6 Å². The Balaban J connectivity index is 3.26. The molecule has 0 aliphatic heterocycles. The number of amides is 1. The van der Waals surface area contributed by atoms with Crippen molar-refractivity contribution in [3.05, 3.63) is 0 Å². The van der Waals surface area contributed by atoms with E-state index in [4.69, 9.17) is 15.6 Å². The first kappa shape index (κ1) is 21.7. The smallest absolute Gasteiger partial charge is 0.407 e. The fraction of sp³-hybridized carbons (Fsp3) is 0.882. The van der Waals surface area contributed by atoms with Crippen LogP contribution in [0.3, 0.4) is 0 Å². The summed E-state index contributed by atoms with van der Waals surface area (Å²) in [5.74, 6) is -0.984. The summed E-state index contributed by atoms with van der Waals surface area (Å²) in [7, 11) is 0. The summed E-state index contributed by atoms with van der Waals surface area (Å²) >= 11 is 0. The fourth-order valence-corrected chi connectivity index (χ4v) is 2.26. The maximum absolute atomic E-state index is 11.4. The summed E-state index contributed by atoms with van der Waals surface area (Å²) in [5, 5.41) is 11.3. The first-order valence-electron chi connectivity index (χ1n) is 8.97. The Kier molecular flexibility index (Phi) is 14.7. The third kappa shape index (κ3) is 15.4. The number of carboxylic acids is 1. The van der Waals surface area contributed by atoms with Gasteiger partial charge in [0.1, 0.15) is 6.04 Å². The summed E-state index contributed by atoms with van der Waals surface area (Å²) in [6.45, 7) is 3.17. The predicted octanol–water partition coefficient (Wildman–Crippen LogP) is 3.44. The molecule has 0 radical (unpaired) electrons. The molecule has 0 unspecified atom stereocenters. The Morgan fingerprint density at radius 1 is 1.00 bits per heavy atom. The van der Waals surface area contributed by atoms with E-state index in [1.807, 2.05) is 0 Å². The molecule has 0 aliphatic carbocycles. The second kappa shape index (κ2) is 15.6. The zero-order chi connectivity index (χ0) is 17.3. The van der Waals surface area contributed by atoms with Gasteiger partial charge in [-0.25, -0.2) is 4.79 Å². The number of hydrogen-bond acceptors (Lipinski definition) is 4. The van der Waals surface area contributed by atoms with Gasteiger partial charge in [-0.15, -0.1) is 0 Å². The molecule has 0 rings (SSSR count). The van der Waals surface area contributed by atoms with E-state index in [0.29, 0.717) is 32.4 Å². The van der Waals surface area contributed by atoms with Crippen LogP contribution in [0, 0.1) is 0 Å². The van der Waals surface area contributed by atoms with Gasteiger partial charge in [0.2, 0.25) is 0 Å². The number of hydrogen-bond donors (Lipinski definition) is 3. The van der Waals surface area contributed by atoms with Crippen molar-refractivity contribution in [2.75, 3.05) is 13.2 Å². The molecule has 6 nitrogen and oxygen atoms in total. The number of carboxylic acid groups (broad SMARTS) is 1. The topological polar surface area (TPSA) is 102 Å². The molecule has 136 valence electrons. The lowest BCUT2D eigenvalue weighted by atomic mass is 10.1. The molecule has 0 fully saturated rings. The molecule has 0 aromatic carbocycles. The quantitative estimate of drug-likeness (QED) is 0.399. The molecule has 0 aromatic rings. The van der Waals surface area contributed by atoms with Crippen LogP contribution in [0.4, 0.5) is 4.79 Å². The van der Waals surface area contributed by atoms with Gasteiger partial charge in [0, 0.05) is 6.54 Å². The number of carbonyl (C=O) groups is 2. The van der Waals surface area contributed by atoms with Crippen molar-refractivity contribution in [3.63, 3.8) is 0 Å². The first-order chi connectivity index (χ1) is 11.1. The van der Waals surface area contributed by atoms with E-state index in [0.717, 1.165) is 12.8 Å². The normalized spacial score (nSPS) is 11.9. The van der Waals surface area contributed by atoms with Gasteiger partial charge in [-0.2, -0.15) is 0 Å². The van der Waals surface area contributed by atoms with E-state index < -0.39 is 18.1 Å². The monoisotopic (exact) mass is 330 g/mol. The summed E-state index contributed by atoms with van der Waals surface area (Å²) in [4.78, 5) is 21.9. The molecule has 0 aromatic heterocycles. The van der Waals surface area contributed by atoms with Crippen molar-refractivity contribution in [1.82, 2.24) is 5.32 Å². The van der Waals surface area contributed by atoms with Gasteiger partial charge in [-0.3, -0.25) is 4.79 Å².